The van der Waals surface area contributed by atoms with Crippen LogP contribution in [0.3, 0.4) is 0 Å². The van der Waals surface area contributed by atoms with Crippen molar-refractivity contribution in [3.05, 3.63) is 109 Å². The minimum atomic E-state index is -0.394. The van der Waals surface area contributed by atoms with Gasteiger partial charge >= 0.3 is 11.9 Å². The predicted molar refractivity (Wildman–Crippen MR) is 242 cm³/mol. The molecule has 1 rings (SSSR count). The lowest BCUT2D eigenvalue weighted by Gasteiger charge is -2.05. The first-order chi connectivity index (χ1) is 27.6. The number of carbonyl (C=O) groups is 2. The van der Waals surface area contributed by atoms with Crippen LogP contribution in [0.1, 0.15) is 118 Å². The van der Waals surface area contributed by atoms with Crippen LogP contribution < -0.4 is 34.0 Å². The van der Waals surface area contributed by atoms with Crippen LogP contribution in [0.2, 0.25) is 0 Å². The van der Waals surface area contributed by atoms with E-state index in [0.717, 1.165) is 65.0 Å². The fourth-order valence-electron chi connectivity index (χ4n) is 3.99. The third-order valence-corrected chi connectivity index (χ3v) is 7.33. The van der Waals surface area contributed by atoms with Gasteiger partial charge in [-0.15, -0.1) is 0 Å². The highest BCUT2D eigenvalue weighted by molar-refractivity contribution is 5.74. The van der Waals surface area contributed by atoms with E-state index in [-0.39, 0.29) is 17.9 Å². The zero-order valence-electron chi connectivity index (χ0n) is 38.2. The number of benzene rings is 1. The third kappa shape index (κ3) is 61.8. The van der Waals surface area contributed by atoms with Gasteiger partial charge in [0, 0.05) is 18.4 Å². The summed E-state index contributed by atoms with van der Waals surface area (Å²) in [5.74, 6) is -0.725. The van der Waals surface area contributed by atoms with E-state index in [4.69, 9.17) is 0 Å². The molecule has 0 aliphatic carbocycles. The minimum absolute atomic E-state index is 0.164. The molecule has 57 heavy (non-hydrogen) atoms. The standard InChI is InChI=1S/C14H21N.C11H19NO4.C7H15N.3C5H11N/c1-2-3-4-5-9-12-15-13-14-10-7-6-8-11-14;1-8(10(13)15-2)6-4-5-7-9(12)11(14)16-3;1-2-3-4-5-6-7-8;3*1-2-3-4-5-6/h5-11,15H,2-4,12-13H2,1H3;4-5,8-9H,6-7,12H2,1-3H3;4-5H,2-3,6-8H2,1H3;3*3-4H,2,5-6H2,1H3/p+6. The molecule has 17 N–H and O–H groups in total. The molecule has 0 bridgehead atoms. The molecular weight excluding hydrogens is 713 g/mol. The summed E-state index contributed by atoms with van der Waals surface area (Å²) in [6.45, 7) is 18.5. The molecule has 2 unspecified atom stereocenters. The molecule has 0 saturated heterocycles. The second-order valence-corrected chi connectivity index (χ2v) is 12.8. The van der Waals surface area contributed by atoms with Crippen LogP contribution in [-0.2, 0) is 25.6 Å². The highest BCUT2D eigenvalue weighted by Crippen LogP contribution is 2.05. The van der Waals surface area contributed by atoms with Crippen molar-refractivity contribution in [2.45, 2.75) is 125 Å². The van der Waals surface area contributed by atoms with Crippen molar-refractivity contribution in [1.29, 1.82) is 0 Å². The number of rotatable bonds is 23. The molecule has 0 saturated carbocycles. The highest BCUT2D eigenvalue weighted by atomic mass is 16.5. The van der Waals surface area contributed by atoms with Gasteiger partial charge in [-0.25, -0.2) is 4.79 Å². The Kier molecular flexibility index (Phi) is 64.8. The molecule has 1 aromatic rings. The summed E-state index contributed by atoms with van der Waals surface area (Å²) >= 11 is 0. The van der Waals surface area contributed by atoms with E-state index in [1.807, 2.05) is 12.2 Å². The van der Waals surface area contributed by atoms with E-state index < -0.39 is 6.04 Å². The zero-order valence-corrected chi connectivity index (χ0v) is 38.2. The second-order valence-electron chi connectivity index (χ2n) is 12.8. The molecule has 0 radical (unpaired) electrons. The van der Waals surface area contributed by atoms with Crippen LogP contribution in [-0.4, -0.2) is 64.9 Å². The van der Waals surface area contributed by atoms with Gasteiger partial charge in [0.05, 0.1) is 52.9 Å². The lowest BCUT2D eigenvalue weighted by Crippen LogP contribution is -2.82. The van der Waals surface area contributed by atoms with Crippen LogP contribution in [0.25, 0.3) is 0 Å². The summed E-state index contributed by atoms with van der Waals surface area (Å²) < 4.78 is 9.12. The first-order valence-corrected chi connectivity index (χ1v) is 21.5. The molecule has 0 aromatic heterocycles. The van der Waals surface area contributed by atoms with Crippen molar-refractivity contribution in [3.8, 4) is 0 Å². The Hall–Kier alpha value is -3.64. The van der Waals surface area contributed by atoms with E-state index in [0.29, 0.717) is 12.8 Å². The van der Waals surface area contributed by atoms with Crippen LogP contribution in [0.15, 0.2) is 103 Å². The average Bonchev–Trinajstić information content (AvgIpc) is 3.24. The lowest BCUT2D eigenvalue weighted by atomic mass is 10.1. The van der Waals surface area contributed by atoms with Gasteiger partial charge in [0.25, 0.3) is 0 Å². The van der Waals surface area contributed by atoms with E-state index in [1.165, 1.54) is 51.9 Å². The minimum Gasteiger partial charge on any atom is -0.469 e. The van der Waals surface area contributed by atoms with Crippen molar-refractivity contribution in [2.24, 2.45) is 5.92 Å². The zero-order chi connectivity index (χ0) is 44.0. The monoisotopic (exact) mass is 807 g/mol. The van der Waals surface area contributed by atoms with Crippen molar-refractivity contribution < 1.29 is 53.0 Å². The SMILES string of the molecule is CCC=CC[NH3+].CCC=CC[NH3+].CCC=CC[NH3+].CCCC=CCC[NH3+].CCCCC=CC[NH2+]Cc1ccccc1.COC(=O)C(C)CC=CCC([NH3+])C(=O)OC. The number of hydrogen-bond acceptors (Lipinski definition) is 4. The lowest BCUT2D eigenvalue weighted by molar-refractivity contribution is -0.662. The van der Waals surface area contributed by atoms with Crippen molar-refractivity contribution in [1.82, 2.24) is 0 Å². The van der Waals surface area contributed by atoms with E-state index in [1.54, 1.807) is 6.92 Å². The number of nitrogens with two attached hydrogens (primary N) is 1. The van der Waals surface area contributed by atoms with Gasteiger partial charge in [0.2, 0.25) is 0 Å². The first-order valence-electron chi connectivity index (χ1n) is 21.5. The number of quaternary nitrogens is 6. The molecular formula is C47H94N6O4+6. The number of esters is 2. The van der Waals surface area contributed by atoms with Gasteiger partial charge in [0.15, 0.2) is 6.04 Å². The van der Waals surface area contributed by atoms with Crippen LogP contribution in [0, 0.1) is 5.92 Å². The Bertz CT molecular complexity index is 1020. The quantitative estimate of drug-likeness (QED) is 0.0552. The van der Waals surface area contributed by atoms with Gasteiger partial charge in [-0.3, -0.25) is 4.79 Å². The topological polar surface area (TPSA) is 207 Å². The Balaban J connectivity index is -0.000000201. The molecule has 2 atom stereocenters. The maximum atomic E-state index is 11.1. The van der Waals surface area contributed by atoms with E-state index in [9.17, 15) is 9.59 Å². The Morgan fingerprint density at radius 3 is 1.53 bits per heavy atom. The average molecular weight is 807 g/mol. The van der Waals surface area contributed by atoms with Gasteiger partial charge in [-0.05, 0) is 62.8 Å². The van der Waals surface area contributed by atoms with Gasteiger partial charge in [-0.2, -0.15) is 0 Å². The smallest absolute Gasteiger partial charge is 0.364 e. The molecule has 0 fully saturated rings. The molecule has 330 valence electrons. The molecule has 0 amide bonds. The fourth-order valence-corrected chi connectivity index (χ4v) is 3.99. The summed E-state index contributed by atoms with van der Waals surface area (Å²) in [5, 5.41) is 2.33. The van der Waals surface area contributed by atoms with E-state index in [2.05, 4.69) is 169 Å². The van der Waals surface area contributed by atoms with Crippen LogP contribution >= 0.6 is 0 Å². The summed E-state index contributed by atoms with van der Waals surface area (Å²) in [5.41, 5.74) is 19.7. The number of ether oxygens (including phenoxy) is 2. The van der Waals surface area contributed by atoms with Crippen LogP contribution in [0.4, 0.5) is 0 Å². The first kappa shape index (κ1) is 62.6. The Morgan fingerprint density at radius 1 is 0.614 bits per heavy atom. The van der Waals surface area contributed by atoms with Gasteiger partial charge in [-0.1, -0.05) is 140 Å². The summed E-state index contributed by atoms with van der Waals surface area (Å²) in [4.78, 5) is 22.1. The maximum Gasteiger partial charge on any atom is 0.364 e. The predicted octanol–water partition coefficient (Wildman–Crippen LogP) is 3.97. The van der Waals surface area contributed by atoms with Crippen molar-refractivity contribution >= 4 is 11.9 Å². The summed E-state index contributed by atoms with van der Waals surface area (Å²) in [7, 11) is 2.70. The molecule has 0 spiro atoms. The van der Waals surface area contributed by atoms with Crippen molar-refractivity contribution in [3.63, 3.8) is 0 Å². The maximum absolute atomic E-state index is 11.1. The highest BCUT2D eigenvalue weighted by Gasteiger charge is 2.15. The second kappa shape index (κ2) is 59.1. The summed E-state index contributed by atoms with van der Waals surface area (Å²) in [6, 6.07) is 10.2. The number of methoxy groups -OCH3 is 2. The molecule has 0 aliphatic heterocycles. The van der Waals surface area contributed by atoms with Gasteiger partial charge in [0.1, 0.15) is 6.54 Å². The number of hydrogen-bond donors (Lipinski definition) is 6. The van der Waals surface area contributed by atoms with Gasteiger partial charge < -0.3 is 43.5 Å². The summed E-state index contributed by atoms with van der Waals surface area (Å²) in [6.07, 6.45) is 37.2. The molecule has 1 aromatic carbocycles. The normalized spacial score (nSPS) is 11.7. The largest absolute Gasteiger partial charge is 0.469 e. The van der Waals surface area contributed by atoms with Crippen molar-refractivity contribution in [2.75, 3.05) is 46.9 Å². The van der Waals surface area contributed by atoms with Crippen LogP contribution in [0.5, 0.6) is 0 Å². The Labute approximate surface area is 350 Å². The third-order valence-electron chi connectivity index (χ3n) is 7.33. The molecule has 0 heterocycles. The molecule has 10 nitrogen and oxygen atoms in total. The number of allylic oxidation sites excluding steroid dienone is 6. The van der Waals surface area contributed by atoms with E-state index >= 15 is 0 Å². The fraction of sp³-hybridized carbons (Fsp3) is 0.574. The molecule has 10 heteroatoms. The molecule has 0 aliphatic rings. The Morgan fingerprint density at radius 2 is 1.11 bits per heavy atom. The number of carbonyl (C=O) groups excluding carboxylic acids is 2. The number of unbranched alkanes of at least 4 members (excludes halogenated alkanes) is 3.